The quantitative estimate of drug-likeness (QED) is 0.371. The highest BCUT2D eigenvalue weighted by molar-refractivity contribution is 6.55. The molecule has 124 valence electrons. The largest absolute Gasteiger partial charge is 0.507 e. The van der Waals surface area contributed by atoms with Gasteiger partial charge in [0.05, 0.1) is 10.1 Å². The van der Waals surface area contributed by atoms with Gasteiger partial charge >= 0.3 is 5.97 Å². The Bertz CT molecular complexity index is 751. The molecule has 0 aliphatic rings. The van der Waals surface area contributed by atoms with E-state index in [4.69, 9.17) is 27.9 Å². The first-order chi connectivity index (χ1) is 11.3. The molecule has 2 aromatic carbocycles. The van der Waals surface area contributed by atoms with Crippen LogP contribution in [0.4, 0.5) is 0 Å². The summed E-state index contributed by atoms with van der Waals surface area (Å²) in [4.78, 5) is 23.2. The van der Waals surface area contributed by atoms with Gasteiger partial charge in [0.15, 0.2) is 5.78 Å². The predicted molar refractivity (Wildman–Crippen MR) is 94.7 cm³/mol. The minimum Gasteiger partial charge on any atom is -0.507 e. The number of esters is 1. The average molecular weight is 365 g/mol. The fourth-order valence-electron chi connectivity index (χ4n) is 1.67. The van der Waals surface area contributed by atoms with Gasteiger partial charge in [0.25, 0.3) is 0 Å². The van der Waals surface area contributed by atoms with Crippen molar-refractivity contribution in [3.63, 3.8) is 0 Å². The molecule has 0 heterocycles. The second-order valence-corrected chi connectivity index (χ2v) is 5.44. The molecule has 0 saturated heterocycles. The first kappa shape index (κ1) is 19.5. The van der Waals surface area contributed by atoms with E-state index in [2.05, 4.69) is 13.2 Å². The lowest BCUT2D eigenvalue weighted by atomic mass is 10.0. The first-order valence-electron chi connectivity index (χ1n) is 6.62. The first-order valence-corrected chi connectivity index (χ1v) is 7.37. The van der Waals surface area contributed by atoms with Crippen molar-refractivity contribution in [3.05, 3.63) is 83.4 Å². The second-order valence-electron chi connectivity index (χ2n) is 4.34. The Morgan fingerprint density at radius 3 is 2.17 bits per heavy atom. The molecule has 0 saturated carbocycles. The van der Waals surface area contributed by atoms with Gasteiger partial charge in [0, 0.05) is 17.7 Å². The molecule has 0 aromatic heterocycles. The molecule has 1 N–H and O–H groups in total. The number of rotatable bonds is 4. The maximum absolute atomic E-state index is 12.2. The lowest BCUT2D eigenvalue weighted by Gasteiger charge is -2.06. The molecule has 0 atom stereocenters. The van der Waals surface area contributed by atoms with Crippen LogP contribution in [0.25, 0.3) is 0 Å². The zero-order chi connectivity index (χ0) is 18.1. The Morgan fingerprint density at radius 1 is 1.08 bits per heavy atom. The van der Waals surface area contributed by atoms with E-state index in [1.54, 1.807) is 30.3 Å². The number of phenolic OH excluding ortho intramolecular Hbond substituents is 1. The summed E-state index contributed by atoms with van der Waals surface area (Å²) in [5.41, 5.74) is 0.619. The highest BCUT2D eigenvalue weighted by atomic mass is 35.5. The molecule has 2 rings (SSSR count). The van der Waals surface area contributed by atoms with Gasteiger partial charge in [-0.1, -0.05) is 66.7 Å². The molecule has 0 radical (unpaired) electrons. The zero-order valence-corrected chi connectivity index (χ0v) is 14.1. The Balaban J connectivity index is 0.000000648. The van der Waals surface area contributed by atoms with Crippen molar-refractivity contribution in [2.24, 2.45) is 0 Å². The van der Waals surface area contributed by atoms with Gasteiger partial charge in [-0.15, -0.1) is 0 Å². The number of carbonyl (C=O) groups is 2. The van der Waals surface area contributed by atoms with Crippen LogP contribution < -0.4 is 4.74 Å². The highest BCUT2D eigenvalue weighted by Crippen LogP contribution is 2.26. The third kappa shape index (κ3) is 6.28. The standard InChI is InChI=1S/C16H12O4.C2H2Cl2/c1-2-15(18)20-12-8-9-13(14(17)10-12)16(19)11-6-4-3-5-7-11;1-2(3)4/h2-10,17H,1H2;1H2. The summed E-state index contributed by atoms with van der Waals surface area (Å²) < 4.78 is 4.97. The smallest absolute Gasteiger partial charge is 0.335 e. The van der Waals surface area contributed by atoms with E-state index < -0.39 is 5.97 Å². The Morgan fingerprint density at radius 2 is 1.67 bits per heavy atom. The molecule has 2 aromatic rings. The second kappa shape index (κ2) is 9.55. The van der Waals surface area contributed by atoms with Crippen LogP contribution in [0.2, 0.25) is 0 Å². The number of ketones is 1. The number of phenols is 1. The van der Waals surface area contributed by atoms with E-state index >= 15 is 0 Å². The van der Waals surface area contributed by atoms with Gasteiger partial charge in [-0.3, -0.25) is 4.79 Å². The van der Waals surface area contributed by atoms with Crippen molar-refractivity contribution in [1.82, 2.24) is 0 Å². The van der Waals surface area contributed by atoms with Crippen LogP contribution in [0, 0.1) is 0 Å². The van der Waals surface area contributed by atoms with E-state index in [-0.39, 0.29) is 27.3 Å². The van der Waals surface area contributed by atoms with Crippen LogP contribution in [0.1, 0.15) is 15.9 Å². The topological polar surface area (TPSA) is 63.6 Å². The maximum Gasteiger partial charge on any atom is 0.335 e. The zero-order valence-electron chi connectivity index (χ0n) is 12.5. The number of hydrogen-bond donors (Lipinski definition) is 1. The molecule has 0 spiro atoms. The van der Waals surface area contributed by atoms with Gasteiger partial charge in [0.1, 0.15) is 11.5 Å². The van der Waals surface area contributed by atoms with E-state index in [9.17, 15) is 14.7 Å². The van der Waals surface area contributed by atoms with Gasteiger partial charge in [-0.05, 0) is 12.1 Å². The number of benzene rings is 2. The fraction of sp³-hybridized carbons (Fsp3) is 0. The van der Waals surface area contributed by atoms with Crippen molar-refractivity contribution in [3.8, 4) is 11.5 Å². The van der Waals surface area contributed by atoms with Gasteiger partial charge in [-0.2, -0.15) is 0 Å². The molecular formula is C18H14Cl2O4. The van der Waals surface area contributed by atoms with Crippen LogP contribution in [0.5, 0.6) is 11.5 Å². The van der Waals surface area contributed by atoms with Crippen LogP contribution in [-0.2, 0) is 4.79 Å². The van der Waals surface area contributed by atoms with E-state index in [1.165, 1.54) is 18.2 Å². The van der Waals surface area contributed by atoms with Crippen molar-refractivity contribution < 1.29 is 19.4 Å². The summed E-state index contributed by atoms with van der Waals surface area (Å²) >= 11 is 9.69. The van der Waals surface area contributed by atoms with Crippen molar-refractivity contribution in [2.45, 2.75) is 0 Å². The van der Waals surface area contributed by atoms with E-state index in [0.29, 0.717) is 5.56 Å². The van der Waals surface area contributed by atoms with Gasteiger partial charge < -0.3 is 9.84 Å². The normalized spacial score (nSPS) is 9.25. The monoisotopic (exact) mass is 364 g/mol. The van der Waals surface area contributed by atoms with E-state index in [1.807, 2.05) is 0 Å². The summed E-state index contributed by atoms with van der Waals surface area (Å²) in [7, 11) is 0. The summed E-state index contributed by atoms with van der Waals surface area (Å²) in [6.07, 6.45) is 1.01. The molecular weight excluding hydrogens is 351 g/mol. The summed E-state index contributed by atoms with van der Waals surface area (Å²) in [5.74, 6) is -1.03. The van der Waals surface area contributed by atoms with Crippen molar-refractivity contribution in [2.75, 3.05) is 0 Å². The predicted octanol–water partition coefficient (Wildman–Crippen LogP) is 4.65. The minimum atomic E-state index is -0.633. The lowest BCUT2D eigenvalue weighted by molar-refractivity contribution is -0.128. The van der Waals surface area contributed by atoms with Crippen LogP contribution in [0.3, 0.4) is 0 Å². The number of carbonyl (C=O) groups excluding carboxylic acids is 2. The molecule has 6 heteroatoms. The van der Waals surface area contributed by atoms with Crippen LogP contribution in [0.15, 0.2) is 72.3 Å². The third-order valence-corrected chi connectivity index (χ3v) is 2.63. The summed E-state index contributed by atoms with van der Waals surface area (Å²) in [6.45, 7) is 6.36. The minimum absolute atomic E-state index is 0.111. The van der Waals surface area contributed by atoms with Crippen LogP contribution >= 0.6 is 23.2 Å². The summed E-state index contributed by atoms with van der Waals surface area (Å²) in [5, 5.41) is 9.87. The molecule has 0 aliphatic heterocycles. The SMILES string of the molecule is C=C(Cl)Cl.C=CC(=O)Oc1ccc(C(=O)c2ccccc2)c(O)c1. The Kier molecular flexibility index (Phi) is 7.75. The molecule has 0 aliphatic carbocycles. The highest BCUT2D eigenvalue weighted by Gasteiger charge is 2.14. The molecule has 0 bridgehead atoms. The number of hydrogen-bond acceptors (Lipinski definition) is 4. The summed E-state index contributed by atoms with van der Waals surface area (Å²) in [6, 6.07) is 12.7. The number of ether oxygens (including phenoxy) is 1. The molecule has 0 unspecified atom stereocenters. The fourth-order valence-corrected chi connectivity index (χ4v) is 1.67. The molecule has 24 heavy (non-hydrogen) atoms. The van der Waals surface area contributed by atoms with Crippen molar-refractivity contribution >= 4 is 35.0 Å². The maximum atomic E-state index is 12.2. The lowest BCUT2D eigenvalue weighted by Crippen LogP contribution is -2.05. The van der Waals surface area contributed by atoms with E-state index in [0.717, 1.165) is 6.08 Å². The Hall–Kier alpha value is -2.56. The number of aromatic hydroxyl groups is 1. The molecule has 0 amide bonds. The Labute approximate surface area is 149 Å². The van der Waals surface area contributed by atoms with Gasteiger partial charge in [0.2, 0.25) is 0 Å². The average Bonchev–Trinajstić information content (AvgIpc) is 2.54. The molecule has 0 fully saturated rings. The van der Waals surface area contributed by atoms with Gasteiger partial charge in [-0.25, -0.2) is 4.79 Å². The van der Waals surface area contributed by atoms with Crippen molar-refractivity contribution in [1.29, 1.82) is 0 Å². The third-order valence-electron chi connectivity index (χ3n) is 2.63. The number of halogens is 2. The molecule has 4 nitrogen and oxygen atoms in total. The van der Waals surface area contributed by atoms with Crippen LogP contribution in [-0.4, -0.2) is 16.9 Å².